The topological polar surface area (TPSA) is 60.9 Å². The maximum absolute atomic E-state index is 12.9. The van der Waals surface area contributed by atoms with Gasteiger partial charge in [-0.05, 0) is 35.9 Å². The number of amides is 1. The molecule has 1 saturated heterocycles. The number of hydrogen-bond donors (Lipinski definition) is 0. The van der Waals surface area contributed by atoms with Crippen LogP contribution in [0.5, 0.6) is 0 Å². The van der Waals surface area contributed by atoms with E-state index >= 15 is 0 Å². The van der Waals surface area contributed by atoms with Crippen LogP contribution in [0.25, 0.3) is 0 Å². The van der Waals surface area contributed by atoms with Crippen molar-refractivity contribution < 1.29 is 26.4 Å². The van der Waals surface area contributed by atoms with Crippen LogP contribution in [0.3, 0.4) is 0 Å². The van der Waals surface area contributed by atoms with Crippen molar-refractivity contribution in [2.45, 2.75) is 17.6 Å². The lowest BCUT2D eigenvalue weighted by Gasteiger charge is -2.35. The Morgan fingerprint density at radius 1 is 1.03 bits per heavy atom. The molecule has 0 aliphatic carbocycles. The van der Waals surface area contributed by atoms with E-state index in [1.165, 1.54) is 44.4 Å². The molecule has 11 heteroatoms. The lowest BCUT2D eigenvalue weighted by Crippen LogP contribution is -2.48. The largest absolute Gasteiger partial charge is 0.416 e. The average Bonchev–Trinajstić information content (AvgIpc) is 2.73. The van der Waals surface area contributed by atoms with Gasteiger partial charge < -0.3 is 4.90 Å². The number of alkyl halides is 3. The maximum Gasteiger partial charge on any atom is 0.416 e. The molecule has 3 rings (SSSR count). The predicted molar refractivity (Wildman–Crippen MR) is 115 cm³/mol. The van der Waals surface area contributed by atoms with Crippen molar-refractivity contribution in [2.24, 2.45) is 0 Å². The molecule has 0 atom stereocenters. The van der Waals surface area contributed by atoms with Crippen molar-refractivity contribution in [3.05, 3.63) is 64.2 Å². The van der Waals surface area contributed by atoms with E-state index in [-0.39, 0.29) is 21.4 Å². The van der Waals surface area contributed by atoms with E-state index in [2.05, 4.69) is 4.90 Å². The minimum Gasteiger partial charge on any atom is -0.336 e. The Morgan fingerprint density at radius 2 is 1.62 bits per heavy atom. The molecule has 1 heterocycles. The lowest BCUT2D eigenvalue weighted by atomic mass is 10.1. The van der Waals surface area contributed by atoms with Crippen molar-refractivity contribution in [3.8, 4) is 0 Å². The number of benzene rings is 2. The van der Waals surface area contributed by atoms with Crippen LogP contribution < -0.4 is 0 Å². The summed E-state index contributed by atoms with van der Waals surface area (Å²) in [6, 6.07) is 9.22. The Hall–Kier alpha value is -2.14. The molecule has 1 aliphatic rings. The first-order chi connectivity index (χ1) is 14.9. The van der Waals surface area contributed by atoms with Gasteiger partial charge in [-0.15, -0.1) is 0 Å². The van der Waals surface area contributed by atoms with Crippen molar-refractivity contribution in [1.82, 2.24) is 14.1 Å². The maximum atomic E-state index is 12.9. The first-order valence-electron chi connectivity index (χ1n) is 9.79. The van der Waals surface area contributed by atoms with E-state index in [4.69, 9.17) is 11.6 Å². The molecule has 2 aromatic carbocycles. The van der Waals surface area contributed by atoms with Crippen LogP contribution in [0.2, 0.25) is 5.02 Å². The summed E-state index contributed by atoms with van der Waals surface area (Å²) in [5.74, 6) is -0.300. The number of halogens is 4. The van der Waals surface area contributed by atoms with Gasteiger partial charge in [0.1, 0.15) is 4.90 Å². The van der Waals surface area contributed by atoms with Gasteiger partial charge in [0.25, 0.3) is 5.91 Å². The van der Waals surface area contributed by atoms with Crippen LogP contribution >= 0.6 is 11.6 Å². The molecule has 0 radical (unpaired) electrons. The van der Waals surface area contributed by atoms with E-state index in [1.807, 2.05) is 0 Å². The first-order valence-corrected chi connectivity index (χ1v) is 11.6. The summed E-state index contributed by atoms with van der Waals surface area (Å²) in [6.45, 7) is 2.40. The predicted octanol–water partition coefficient (Wildman–Crippen LogP) is 3.57. The highest BCUT2D eigenvalue weighted by molar-refractivity contribution is 7.89. The normalized spacial score (nSPS) is 15.9. The Balaban J connectivity index is 1.64. The van der Waals surface area contributed by atoms with Gasteiger partial charge in [-0.1, -0.05) is 23.7 Å². The third kappa shape index (κ3) is 5.43. The van der Waals surface area contributed by atoms with E-state index in [0.29, 0.717) is 32.7 Å². The smallest absolute Gasteiger partial charge is 0.336 e. The molecule has 1 fully saturated rings. The monoisotopic (exact) mass is 489 g/mol. The second kappa shape index (κ2) is 9.38. The van der Waals surface area contributed by atoms with Crippen LogP contribution in [-0.4, -0.2) is 68.7 Å². The fourth-order valence-corrected chi connectivity index (χ4v) is 4.77. The Labute approximate surface area is 190 Å². The molecule has 174 valence electrons. The lowest BCUT2D eigenvalue weighted by molar-refractivity contribution is -0.137. The highest BCUT2D eigenvalue weighted by atomic mass is 35.5. The fourth-order valence-electron chi connectivity index (χ4n) is 3.38. The molecule has 0 spiro atoms. The second-order valence-corrected chi connectivity index (χ2v) is 10.2. The second-order valence-electron chi connectivity index (χ2n) is 7.70. The van der Waals surface area contributed by atoms with Gasteiger partial charge in [-0.25, -0.2) is 12.7 Å². The molecular formula is C21H23ClF3N3O3S. The van der Waals surface area contributed by atoms with Gasteiger partial charge in [0.15, 0.2) is 0 Å². The zero-order valence-corrected chi connectivity index (χ0v) is 19.1. The van der Waals surface area contributed by atoms with Gasteiger partial charge in [0, 0.05) is 52.4 Å². The zero-order chi connectivity index (χ0) is 23.7. The van der Waals surface area contributed by atoms with Crippen molar-refractivity contribution in [3.63, 3.8) is 0 Å². The van der Waals surface area contributed by atoms with Gasteiger partial charge in [0.2, 0.25) is 10.0 Å². The molecule has 0 saturated carbocycles. The van der Waals surface area contributed by atoms with Gasteiger partial charge in [0.05, 0.1) is 10.6 Å². The van der Waals surface area contributed by atoms with E-state index in [9.17, 15) is 26.4 Å². The van der Waals surface area contributed by atoms with Gasteiger partial charge in [-0.2, -0.15) is 13.2 Å². The van der Waals surface area contributed by atoms with Crippen LogP contribution in [0.15, 0.2) is 47.4 Å². The Bertz CT molecular complexity index is 1080. The van der Waals surface area contributed by atoms with Crippen molar-refractivity contribution in [1.29, 1.82) is 0 Å². The highest BCUT2D eigenvalue weighted by Gasteiger charge is 2.30. The summed E-state index contributed by atoms with van der Waals surface area (Å²) in [5.41, 5.74) is 0.301. The Kier molecular flexibility index (Phi) is 7.18. The number of nitrogens with zero attached hydrogens (tertiary/aromatic N) is 3. The number of sulfonamides is 1. The third-order valence-electron chi connectivity index (χ3n) is 5.28. The molecule has 6 nitrogen and oxygen atoms in total. The van der Waals surface area contributed by atoms with Crippen LogP contribution in [-0.2, 0) is 22.7 Å². The third-order valence-corrected chi connectivity index (χ3v) is 7.58. The number of piperazine rings is 1. The molecule has 0 N–H and O–H groups in total. The van der Waals surface area contributed by atoms with Crippen molar-refractivity contribution in [2.75, 3.05) is 40.3 Å². The number of rotatable bonds is 5. The average molecular weight is 490 g/mol. The van der Waals surface area contributed by atoms with Gasteiger partial charge >= 0.3 is 6.18 Å². The Morgan fingerprint density at radius 3 is 2.16 bits per heavy atom. The van der Waals surface area contributed by atoms with Crippen LogP contribution in [0, 0.1) is 0 Å². The fraction of sp³-hybridized carbons (Fsp3) is 0.381. The van der Waals surface area contributed by atoms with E-state index in [0.717, 1.165) is 22.0 Å². The van der Waals surface area contributed by atoms with E-state index in [1.54, 1.807) is 4.90 Å². The SMILES string of the molecule is CN(C)S(=O)(=O)c1cc(C(=O)N2CCN(Cc3ccc(C(F)(F)F)cc3)CC2)ccc1Cl. The quantitative estimate of drug-likeness (QED) is 0.644. The van der Waals surface area contributed by atoms with Crippen LogP contribution in [0.4, 0.5) is 13.2 Å². The van der Waals surface area contributed by atoms with E-state index < -0.39 is 21.8 Å². The summed E-state index contributed by atoms with van der Waals surface area (Å²) in [6.07, 6.45) is -4.36. The summed E-state index contributed by atoms with van der Waals surface area (Å²) >= 11 is 6.05. The summed E-state index contributed by atoms with van der Waals surface area (Å²) in [4.78, 5) is 16.5. The minimum absolute atomic E-state index is 0.0385. The van der Waals surface area contributed by atoms with Crippen LogP contribution in [0.1, 0.15) is 21.5 Å². The number of hydrogen-bond acceptors (Lipinski definition) is 4. The van der Waals surface area contributed by atoms with Crippen molar-refractivity contribution >= 4 is 27.5 Å². The number of carbonyl (C=O) groups is 1. The van der Waals surface area contributed by atoms with Gasteiger partial charge in [-0.3, -0.25) is 9.69 Å². The molecular weight excluding hydrogens is 467 g/mol. The standard InChI is InChI=1S/C21H23ClF3N3O3S/c1-26(2)32(30,31)19-13-16(5-8-18(19)22)20(29)28-11-9-27(10-12-28)14-15-3-6-17(7-4-15)21(23,24)25/h3-8,13H,9-12,14H2,1-2H3. The molecule has 0 bridgehead atoms. The minimum atomic E-state index is -4.36. The molecule has 0 unspecified atom stereocenters. The molecule has 1 amide bonds. The molecule has 32 heavy (non-hydrogen) atoms. The number of carbonyl (C=O) groups excluding carboxylic acids is 1. The molecule has 1 aliphatic heterocycles. The summed E-state index contributed by atoms with van der Waals surface area (Å²) in [7, 11) is -1.03. The zero-order valence-electron chi connectivity index (χ0n) is 17.6. The molecule has 2 aromatic rings. The summed E-state index contributed by atoms with van der Waals surface area (Å²) in [5, 5.41) is 0.0385. The first kappa shape index (κ1) is 24.5. The molecule has 0 aromatic heterocycles. The highest BCUT2D eigenvalue weighted by Crippen LogP contribution is 2.29. The summed E-state index contributed by atoms with van der Waals surface area (Å²) < 4.78 is 64.0.